The molecule has 396 valence electrons. The molecule has 0 N–H and O–H groups in total. The third kappa shape index (κ3) is 10.5. The lowest BCUT2D eigenvalue weighted by atomic mass is 9.83. The van der Waals surface area contributed by atoms with Crippen LogP contribution in [0.4, 0.5) is 0 Å². The number of rotatable bonds is 15. The minimum Gasteiger partial charge on any atom is -0.289 e. The van der Waals surface area contributed by atoms with E-state index >= 15 is 0 Å². The van der Waals surface area contributed by atoms with Gasteiger partial charge in [-0.25, -0.2) is 0 Å². The van der Waals surface area contributed by atoms with Crippen molar-refractivity contribution < 1.29 is 14.4 Å². The second-order valence-electron chi connectivity index (χ2n) is 20.4. The third-order valence-electron chi connectivity index (χ3n) is 15.3. The van der Waals surface area contributed by atoms with Crippen LogP contribution in [0.1, 0.15) is 47.8 Å². The molecule has 10 aromatic carbocycles. The molecule has 0 atom stereocenters. The van der Waals surface area contributed by atoms with Gasteiger partial charge in [-0.1, -0.05) is 218 Å². The predicted octanol–water partition coefficient (Wildman–Crippen LogP) is 18.6. The number of ketones is 3. The monoisotopic (exact) mass is 1080 g/mol. The van der Waals surface area contributed by atoms with Gasteiger partial charge in [0.15, 0.2) is 17.3 Å². The molecule has 13 aromatic rings. The van der Waals surface area contributed by atoms with Gasteiger partial charge in [0.05, 0.1) is 17.1 Å². The second-order valence-corrected chi connectivity index (χ2v) is 20.4. The Hall–Kier alpha value is -11.3. The second kappa shape index (κ2) is 23.4. The summed E-state index contributed by atoms with van der Waals surface area (Å²) >= 11 is 0. The van der Waals surface area contributed by atoms with E-state index in [-0.39, 0.29) is 17.3 Å². The zero-order chi connectivity index (χ0) is 56.8. The molecule has 0 saturated heterocycles. The van der Waals surface area contributed by atoms with Crippen LogP contribution in [0.25, 0.3) is 101 Å². The molecule has 0 aliphatic heterocycles. The summed E-state index contributed by atoms with van der Waals surface area (Å²) in [5.74, 6) is -0.332. The average Bonchev–Trinajstić information content (AvgIpc) is 3.58. The Morgan fingerprint density at radius 1 is 0.202 bits per heavy atom. The number of nitrogens with zero attached hydrogens (tertiary/aromatic N) is 3. The van der Waals surface area contributed by atoms with Crippen LogP contribution in [-0.4, -0.2) is 32.3 Å². The fraction of sp³-hybridized carbons (Fsp3) is 0. The van der Waals surface area contributed by atoms with Crippen molar-refractivity contribution in [3.05, 3.63) is 343 Å². The normalized spacial score (nSPS) is 11.0. The summed E-state index contributed by atoms with van der Waals surface area (Å²) in [6, 6.07) is 94.9. The van der Waals surface area contributed by atoms with Crippen LogP contribution in [-0.2, 0) is 0 Å². The highest BCUT2D eigenvalue weighted by Gasteiger charge is 2.25. The first-order chi connectivity index (χ1) is 41.4. The number of carbonyl (C=O) groups excluding carboxylic acids is 3. The Bertz CT molecular complexity index is 4090. The minimum absolute atomic E-state index is 0.111. The molecule has 0 fully saturated rings. The molecule has 0 radical (unpaired) electrons. The summed E-state index contributed by atoms with van der Waals surface area (Å²) in [6.45, 7) is 0. The molecule has 0 spiro atoms. The van der Waals surface area contributed by atoms with E-state index in [0.717, 1.165) is 101 Å². The van der Waals surface area contributed by atoms with E-state index in [1.54, 1.807) is 18.6 Å². The van der Waals surface area contributed by atoms with Crippen molar-refractivity contribution in [3.63, 3.8) is 0 Å². The predicted molar refractivity (Wildman–Crippen MR) is 338 cm³/mol. The lowest BCUT2D eigenvalue weighted by Crippen LogP contribution is -2.05. The fourth-order valence-electron chi connectivity index (χ4n) is 11.2. The van der Waals surface area contributed by atoms with Crippen LogP contribution < -0.4 is 0 Å². The Morgan fingerprint density at radius 3 is 0.714 bits per heavy atom. The maximum Gasteiger partial charge on any atom is 0.193 e. The Kier molecular flexibility index (Phi) is 14.5. The highest BCUT2D eigenvalue weighted by Crippen LogP contribution is 2.45. The number of hydrogen-bond acceptors (Lipinski definition) is 6. The summed E-state index contributed by atoms with van der Waals surface area (Å²) < 4.78 is 0. The van der Waals surface area contributed by atoms with Crippen LogP contribution in [0.15, 0.2) is 310 Å². The van der Waals surface area contributed by atoms with Crippen LogP contribution in [0, 0.1) is 0 Å². The number of carbonyl (C=O) groups is 3. The molecule has 13 rings (SSSR count). The topological polar surface area (TPSA) is 89.9 Å². The van der Waals surface area contributed by atoms with Gasteiger partial charge < -0.3 is 0 Å². The van der Waals surface area contributed by atoms with Gasteiger partial charge in [-0.2, -0.15) is 0 Å². The van der Waals surface area contributed by atoms with Gasteiger partial charge in [0.1, 0.15) is 0 Å². The smallest absolute Gasteiger partial charge is 0.193 e. The zero-order valence-corrected chi connectivity index (χ0v) is 45.5. The Labute approximate surface area is 487 Å². The number of benzene rings is 10. The zero-order valence-electron chi connectivity index (χ0n) is 45.5. The highest BCUT2D eigenvalue weighted by atomic mass is 16.1. The lowest BCUT2D eigenvalue weighted by Gasteiger charge is -2.20. The fourth-order valence-corrected chi connectivity index (χ4v) is 11.2. The van der Waals surface area contributed by atoms with Crippen molar-refractivity contribution in [3.8, 4) is 101 Å². The van der Waals surface area contributed by atoms with Gasteiger partial charge in [0.25, 0.3) is 0 Å². The Morgan fingerprint density at radius 2 is 0.452 bits per heavy atom. The summed E-state index contributed by atoms with van der Waals surface area (Å²) in [6.07, 6.45) is 5.28. The number of hydrogen-bond donors (Lipinski definition) is 0. The van der Waals surface area contributed by atoms with E-state index < -0.39 is 0 Å². The maximum atomic E-state index is 15.0. The average molecular weight is 1080 g/mol. The molecular weight excluding hydrogens is 1030 g/mol. The van der Waals surface area contributed by atoms with E-state index in [4.69, 9.17) is 0 Å². The number of aromatic nitrogens is 3. The molecule has 6 nitrogen and oxygen atoms in total. The SMILES string of the molecule is O=C(c1ccccc1)c1cc(-c2ccccn2)ccc1-c1ccccc1-c1cc(-c2ccccc2-c2ccc(-c3ccccn3)cc2C(=O)c2ccccc2)cc(-c2ccccc2-c2ccc(-c3ccccn3)cc2C(=O)c2ccccc2)c1. The van der Waals surface area contributed by atoms with Gasteiger partial charge in [-0.3, -0.25) is 29.3 Å². The van der Waals surface area contributed by atoms with E-state index in [0.29, 0.717) is 33.4 Å². The molecule has 0 bridgehead atoms. The molecule has 84 heavy (non-hydrogen) atoms. The summed E-state index contributed by atoms with van der Waals surface area (Å²) in [5, 5.41) is 0. The summed E-state index contributed by atoms with van der Waals surface area (Å²) in [5.41, 5.74) is 18.3. The standard InChI is InChI=1S/C78H51N3O3/c82-76(52-22-4-1-5-23-52)70-49-55(73-34-16-19-43-79-73)37-40-67(70)64-31-13-10-28-61(64)58-46-59(62-29-11-14-32-65(62)68-41-38-56(74-35-17-20-44-80-74)50-71(68)77(83)53-24-6-2-7-25-53)48-60(47-58)63-30-12-15-33-66(63)69-42-39-57(75-36-18-21-45-81-75)51-72(69)78(84)54-26-8-3-9-27-54/h1-51H. The van der Waals surface area contributed by atoms with Crippen LogP contribution >= 0.6 is 0 Å². The van der Waals surface area contributed by atoms with E-state index in [9.17, 15) is 14.4 Å². The van der Waals surface area contributed by atoms with Crippen molar-refractivity contribution in [2.24, 2.45) is 0 Å². The van der Waals surface area contributed by atoms with E-state index in [1.165, 1.54) is 0 Å². The maximum absolute atomic E-state index is 15.0. The van der Waals surface area contributed by atoms with Crippen LogP contribution in [0.3, 0.4) is 0 Å². The first-order valence-corrected chi connectivity index (χ1v) is 27.8. The number of pyridine rings is 3. The van der Waals surface area contributed by atoms with Crippen LogP contribution in [0.5, 0.6) is 0 Å². The Balaban J connectivity index is 1.05. The van der Waals surface area contributed by atoms with E-state index in [2.05, 4.69) is 69.5 Å². The molecule has 6 heteroatoms. The van der Waals surface area contributed by atoms with Gasteiger partial charge in [-0.15, -0.1) is 0 Å². The van der Waals surface area contributed by atoms with Crippen molar-refractivity contribution in [2.75, 3.05) is 0 Å². The van der Waals surface area contributed by atoms with Crippen molar-refractivity contribution >= 4 is 17.3 Å². The largest absolute Gasteiger partial charge is 0.289 e. The van der Waals surface area contributed by atoms with Crippen molar-refractivity contribution in [1.82, 2.24) is 15.0 Å². The van der Waals surface area contributed by atoms with Crippen molar-refractivity contribution in [2.45, 2.75) is 0 Å². The summed E-state index contributed by atoms with van der Waals surface area (Å²) in [7, 11) is 0. The van der Waals surface area contributed by atoms with Crippen molar-refractivity contribution in [1.29, 1.82) is 0 Å². The molecular formula is C78H51N3O3. The highest BCUT2D eigenvalue weighted by molar-refractivity contribution is 6.16. The molecule has 0 saturated carbocycles. The van der Waals surface area contributed by atoms with Gasteiger partial charge in [0.2, 0.25) is 0 Å². The van der Waals surface area contributed by atoms with Crippen LogP contribution in [0.2, 0.25) is 0 Å². The lowest BCUT2D eigenvalue weighted by molar-refractivity contribution is 0.103. The molecule has 3 aromatic heterocycles. The first kappa shape index (κ1) is 52.1. The first-order valence-electron chi connectivity index (χ1n) is 27.8. The molecule has 0 aliphatic carbocycles. The summed E-state index contributed by atoms with van der Waals surface area (Å²) in [4.78, 5) is 58.9. The molecule has 0 unspecified atom stereocenters. The minimum atomic E-state index is -0.111. The molecule has 0 amide bonds. The third-order valence-corrected chi connectivity index (χ3v) is 15.3. The molecule has 3 heterocycles. The van der Waals surface area contributed by atoms with Gasteiger partial charge in [0, 0.05) is 68.7 Å². The van der Waals surface area contributed by atoms with E-state index in [1.807, 2.05) is 237 Å². The van der Waals surface area contributed by atoms with Gasteiger partial charge >= 0.3 is 0 Å². The quantitative estimate of drug-likeness (QED) is 0.0950. The molecule has 0 aliphatic rings. The van der Waals surface area contributed by atoms with Gasteiger partial charge in [-0.05, 0) is 140 Å².